The molecule has 1 fully saturated rings. The van der Waals surface area contributed by atoms with Crippen LogP contribution < -0.4 is 10.1 Å². The van der Waals surface area contributed by atoms with Gasteiger partial charge in [0.15, 0.2) is 0 Å². The summed E-state index contributed by atoms with van der Waals surface area (Å²) < 4.78 is 21.0. The van der Waals surface area contributed by atoms with E-state index in [9.17, 15) is 18.8 Å². The van der Waals surface area contributed by atoms with Crippen molar-refractivity contribution < 1.29 is 23.5 Å². The summed E-state index contributed by atoms with van der Waals surface area (Å²) in [7, 11) is 0. The van der Waals surface area contributed by atoms with Crippen LogP contribution in [0.2, 0.25) is 5.02 Å². The number of nitrogens with one attached hydrogen (secondary N) is 1. The number of hydrogen-bond acceptors (Lipinski definition) is 5. The number of ether oxygens (including phenoxy) is 1. The molecule has 0 radical (unpaired) electrons. The van der Waals surface area contributed by atoms with Crippen molar-refractivity contribution in [2.45, 2.75) is 6.61 Å². The quantitative estimate of drug-likeness (QED) is 0.210. The predicted octanol–water partition coefficient (Wildman–Crippen LogP) is 6.94. The third-order valence-corrected chi connectivity index (χ3v) is 7.81. The molecule has 0 saturated carbocycles. The van der Waals surface area contributed by atoms with E-state index in [1.54, 1.807) is 12.1 Å². The molecule has 3 amide bonds. The molecule has 3 aromatic carbocycles. The molecule has 1 heterocycles. The van der Waals surface area contributed by atoms with Crippen LogP contribution in [-0.4, -0.2) is 28.5 Å². The van der Waals surface area contributed by atoms with Gasteiger partial charge in [0.2, 0.25) is 5.91 Å². The lowest BCUT2D eigenvalue weighted by molar-refractivity contribution is -0.127. The van der Waals surface area contributed by atoms with E-state index in [1.165, 1.54) is 18.2 Å². The molecule has 0 bridgehead atoms. The van der Waals surface area contributed by atoms with Crippen molar-refractivity contribution in [3.05, 3.63) is 94.7 Å². The highest BCUT2D eigenvalue weighted by Gasteiger charge is 2.36. The number of imide groups is 1. The van der Waals surface area contributed by atoms with Crippen molar-refractivity contribution >= 4 is 97.4 Å². The fourth-order valence-electron chi connectivity index (χ4n) is 3.26. The second-order valence-corrected chi connectivity index (χ2v) is 11.2. The van der Waals surface area contributed by atoms with E-state index in [2.05, 4.69) is 50.5 Å². The van der Waals surface area contributed by atoms with E-state index in [0.29, 0.717) is 22.9 Å². The standard InChI is InChI=1S/C25H16ClFI2N2O4S/c26-18-7-2-1-4-15(18)13-35-23-19(28)8-14(9-20(23)29)10-21-24(33)31(25(34)36-21)12-22(32)30-17-6-3-5-16(27)11-17/h1-11H,12-13H2,(H,30,32)/b21-10+. The first-order valence-corrected chi connectivity index (χ1v) is 13.7. The number of amides is 3. The molecule has 1 N–H and O–H groups in total. The summed E-state index contributed by atoms with van der Waals surface area (Å²) in [6.45, 7) is -0.163. The number of thioether (sulfide) groups is 1. The maximum Gasteiger partial charge on any atom is 0.294 e. The van der Waals surface area contributed by atoms with Crippen LogP contribution in [0.15, 0.2) is 65.6 Å². The van der Waals surface area contributed by atoms with Crippen molar-refractivity contribution in [2.24, 2.45) is 0 Å². The van der Waals surface area contributed by atoms with Crippen LogP contribution in [0.5, 0.6) is 5.75 Å². The number of carbonyl (C=O) groups is 3. The normalized spacial score (nSPS) is 14.4. The summed E-state index contributed by atoms with van der Waals surface area (Å²) in [4.78, 5) is 38.6. The first kappa shape index (κ1) is 26.9. The number of benzene rings is 3. The van der Waals surface area contributed by atoms with Gasteiger partial charge in [0.25, 0.3) is 11.1 Å². The summed E-state index contributed by atoms with van der Waals surface area (Å²) in [6.07, 6.45) is 1.61. The van der Waals surface area contributed by atoms with Crippen LogP contribution in [0.3, 0.4) is 0 Å². The Labute approximate surface area is 242 Å². The smallest absolute Gasteiger partial charge is 0.294 e. The van der Waals surface area contributed by atoms with Gasteiger partial charge in [0.1, 0.15) is 24.7 Å². The first-order valence-electron chi connectivity index (χ1n) is 10.4. The minimum atomic E-state index is -0.603. The van der Waals surface area contributed by atoms with Crippen molar-refractivity contribution in [3.63, 3.8) is 0 Å². The molecule has 1 aliphatic rings. The third-order valence-electron chi connectivity index (χ3n) is 4.93. The average molecular weight is 749 g/mol. The van der Waals surface area contributed by atoms with Crippen LogP contribution in [-0.2, 0) is 16.2 Å². The zero-order valence-electron chi connectivity index (χ0n) is 18.3. The molecule has 0 aliphatic carbocycles. The summed E-state index contributed by atoms with van der Waals surface area (Å²) in [6, 6.07) is 16.5. The van der Waals surface area contributed by atoms with Crippen molar-refractivity contribution in [1.82, 2.24) is 4.90 Å². The number of halogens is 4. The van der Waals surface area contributed by atoms with Gasteiger partial charge in [-0.05, 0) is 105 Å². The maximum atomic E-state index is 13.3. The Balaban J connectivity index is 1.44. The molecule has 4 rings (SSSR count). The van der Waals surface area contributed by atoms with Gasteiger partial charge in [0.05, 0.1) is 12.0 Å². The summed E-state index contributed by atoms with van der Waals surface area (Å²) in [5.41, 5.74) is 1.82. The number of rotatable bonds is 7. The van der Waals surface area contributed by atoms with Crippen LogP contribution in [0.4, 0.5) is 14.9 Å². The van der Waals surface area contributed by atoms with Gasteiger partial charge < -0.3 is 10.1 Å². The Morgan fingerprint density at radius 1 is 1.08 bits per heavy atom. The van der Waals surface area contributed by atoms with Gasteiger partial charge in [0, 0.05) is 16.3 Å². The Kier molecular flexibility index (Phi) is 8.91. The van der Waals surface area contributed by atoms with Gasteiger partial charge in [-0.2, -0.15) is 0 Å². The minimum absolute atomic E-state index is 0.204. The summed E-state index contributed by atoms with van der Waals surface area (Å²) in [5, 5.41) is 2.56. The predicted molar refractivity (Wildman–Crippen MR) is 155 cm³/mol. The van der Waals surface area contributed by atoms with Gasteiger partial charge >= 0.3 is 0 Å². The first-order chi connectivity index (χ1) is 17.2. The molecule has 184 valence electrons. The van der Waals surface area contributed by atoms with E-state index >= 15 is 0 Å². The highest BCUT2D eigenvalue weighted by molar-refractivity contribution is 14.1. The molecule has 0 unspecified atom stereocenters. The van der Waals surface area contributed by atoms with Gasteiger partial charge in [-0.1, -0.05) is 35.9 Å². The third kappa shape index (κ3) is 6.58. The van der Waals surface area contributed by atoms with Crippen molar-refractivity contribution in [1.29, 1.82) is 0 Å². The Hall–Kier alpha value is -2.16. The number of nitrogens with zero attached hydrogens (tertiary/aromatic N) is 1. The Morgan fingerprint density at radius 2 is 1.81 bits per heavy atom. The number of carbonyl (C=O) groups excluding carboxylic acids is 3. The molecule has 0 atom stereocenters. The fourth-order valence-corrected chi connectivity index (χ4v) is 6.42. The van der Waals surface area contributed by atoms with Gasteiger partial charge in [-0.25, -0.2) is 4.39 Å². The van der Waals surface area contributed by atoms with Crippen molar-refractivity contribution in [2.75, 3.05) is 11.9 Å². The molecule has 3 aromatic rings. The topological polar surface area (TPSA) is 75.7 Å². The minimum Gasteiger partial charge on any atom is -0.487 e. The zero-order valence-corrected chi connectivity index (χ0v) is 24.2. The molecule has 11 heteroatoms. The van der Waals surface area contributed by atoms with E-state index in [-0.39, 0.29) is 10.6 Å². The van der Waals surface area contributed by atoms with E-state index in [1.807, 2.05) is 30.3 Å². The number of hydrogen-bond donors (Lipinski definition) is 1. The van der Waals surface area contributed by atoms with E-state index < -0.39 is 29.4 Å². The van der Waals surface area contributed by atoms with E-state index in [4.69, 9.17) is 16.3 Å². The molecule has 0 spiro atoms. The van der Waals surface area contributed by atoms with Crippen LogP contribution in [0.1, 0.15) is 11.1 Å². The second kappa shape index (κ2) is 11.9. The monoisotopic (exact) mass is 748 g/mol. The summed E-state index contributed by atoms with van der Waals surface area (Å²) >= 11 is 11.3. The Morgan fingerprint density at radius 3 is 2.50 bits per heavy atom. The zero-order chi connectivity index (χ0) is 25.8. The molecule has 1 aliphatic heterocycles. The highest BCUT2D eigenvalue weighted by Crippen LogP contribution is 2.35. The number of anilines is 1. The molecule has 36 heavy (non-hydrogen) atoms. The lowest BCUT2D eigenvalue weighted by Gasteiger charge is -2.13. The largest absolute Gasteiger partial charge is 0.487 e. The second-order valence-electron chi connectivity index (χ2n) is 7.52. The van der Waals surface area contributed by atoms with Crippen LogP contribution in [0, 0.1) is 13.0 Å². The summed E-state index contributed by atoms with van der Waals surface area (Å²) in [5.74, 6) is -0.987. The lowest BCUT2D eigenvalue weighted by Crippen LogP contribution is -2.36. The molecule has 1 saturated heterocycles. The molecule has 6 nitrogen and oxygen atoms in total. The maximum absolute atomic E-state index is 13.3. The van der Waals surface area contributed by atoms with Crippen LogP contribution in [0.25, 0.3) is 6.08 Å². The highest BCUT2D eigenvalue weighted by atomic mass is 127. The average Bonchev–Trinajstić information content (AvgIpc) is 3.07. The van der Waals surface area contributed by atoms with Gasteiger partial charge in [-0.3, -0.25) is 19.3 Å². The van der Waals surface area contributed by atoms with Gasteiger partial charge in [-0.15, -0.1) is 0 Å². The Bertz CT molecular complexity index is 1380. The van der Waals surface area contributed by atoms with Crippen LogP contribution >= 0.6 is 68.5 Å². The van der Waals surface area contributed by atoms with Crippen molar-refractivity contribution in [3.8, 4) is 5.75 Å². The van der Waals surface area contributed by atoms with E-state index in [0.717, 1.165) is 35.4 Å². The molecular formula is C25H16ClFI2N2O4S. The SMILES string of the molecule is O=C(CN1C(=O)S/C(=C/c2cc(I)c(OCc3ccccc3Cl)c(I)c2)C1=O)Nc1cccc(F)c1. The lowest BCUT2D eigenvalue weighted by atomic mass is 10.2. The molecule has 0 aromatic heterocycles. The molecular weight excluding hydrogens is 733 g/mol. The fraction of sp³-hybridized carbons (Fsp3) is 0.0800.